The van der Waals surface area contributed by atoms with E-state index in [1.807, 2.05) is 54.9 Å². The molecule has 0 bridgehead atoms. The number of hydrogen-bond donors (Lipinski definition) is 0. The van der Waals surface area contributed by atoms with Crippen molar-refractivity contribution in [2.75, 3.05) is 0 Å². The molecule has 0 unspecified atom stereocenters. The van der Waals surface area contributed by atoms with Gasteiger partial charge in [-0.3, -0.25) is 0 Å². The van der Waals surface area contributed by atoms with Gasteiger partial charge >= 0.3 is 0 Å². The SMILES string of the molecule is C=Cc1ccc2c(c1)C(=NC#N)c1ccccc1C2=NC#N. The van der Waals surface area contributed by atoms with Crippen molar-refractivity contribution in [3.8, 4) is 12.4 Å². The predicted octanol–water partition coefficient (Wildman–Crippen LogP) is 3.28. The van der Waals surface area contributed by atoms with Crippen LogP contribution in [0.4, 0.5) is 0 Å². The molecule has 0 spiro atoms. The normalized spacial score (nSPS) is 15.5. The molecule has 1 aliphatic rings. The summed E-state index contributed by atoms with van der Waals surface area (Å²) >= 11 is 0. The van der Waals surface area contributed by atoms with Crippen LogP contribution in [0.25, 0.3) is 6.08 Å². The fourth-order valence-electron chi connectivity index (χ4n) is 2.62. The summed E-state index contributed by atoms with van der Waals surface area (Å²) in [5, 5.41) is 18.0. The Labute approximate surface area is 128 Å². The minimum Gasteiger partial charge on any atom is -0.172 e. The first-order valence-electron chi connectivity index (χ1n) is 6.60. The quantitative estimate of drug-likeness (QED) is 0.642. The standard InChI is InChI=1S/C18H10N4/c1-2-12-7-8-15-16(9-12)18(22-11-20)14-6-4-3-5-13(14)17(15)21-10-19/h2-9H,1H2. The molecule has 0 fully saturated rings. The van der Waals surface area contributed by atoms with Crippen molar-refractivity contribution in [3.05, 3.63) is 76.9 Å². The summed E-state index contributed by atoms with van der Waals surface area (Å²) in [6.45, 7) is 3.76. The number of rotatable bonds is 1. The van der Waals surface area contributed by atoms with Crippen molar-refractivity contribution in [2.24, 2.45) is 9.98 Å². The Morgan fingerprint density at radius 2 is 1.36 bits per heavy atom. The lowest BCUT2D eigenvalue weighted by atomic mass is 9.82. The van der Waals surface area contributed by atoms with Crippen LogP contribution < -0.4 is 0 Å². The summed E-state index contributed by atoms with van der Waals surface area (Å²) in [6.07, 6.45) is 5.45. The smallest absolute Gasteiger partial charge is 0.172 e. The molecular weight excluding hydrogens is 272 g/mol. The summed E-state index contributed by atoms with van der Waals surface area (Å²) in [7, 11) is 0. The lowest BCUT2D eigenvalue weighted by Gasteiger charge is -2.22. The first kappa shape index (κ1) is 13.5. The van der Waals surface area contributed by atoms with E-state index in [9.17, 15) is 0 Å². The molecule has 0 aromatic heterocycles. The van der Waals surface area contributed by atoms with Crippen LogP contribution >= 0.6 is 0 Å². The number of nitriles is 2. The molecule has 2 aromatic rings. The maximum atomic E-state index is 9.03. The molecule has 102 valence electrons. The average Bonchev–Trinajstić information content (AvgIpc) is 2.57. The molecule has 0 saturated heterocycles. The Morgan fingerprint density at radius 3 is 1.91 bits per heavy atom. The first-order valence-corrected chi connectivity index (χ1v) is 6.60. The third kappa shape index (κ3) is 2.00. The Morgan fingerprint density at radius 1 is 0.818 bits per heavy atom. The van der Waals surface area contributed by atoms with Crippen LogP contribution in [-0.2, 0) is 0 Å². The molecule has 0 saturated carbocycles. The molecule has 0 atom stereocenters. The number of hydrogen-bond acceptors (Lipinski definition) is 4. The molecule has 1 aliphatic carbocycles. The van der Waals surface area contributed by atoms with Gasteiger partial charge in [0.15, 0.2) is 0 Å². The van der Waals surface area contributed by atoms with Crippen molar-refractivity contribution in [1.29, 1.82) is 10.5 Å². The molecule has 22 heavy (non-hydrogen) atoms. The van der Waals surface area contributed by atoms with Crippen LogP contribution in [0.15, 0.2) is 59.0 Å². The van der Waals surface area contributed by atoms with E-state index in [0.717, 1.165) is 27.8 Å². The number of fused-ring (bicyclic) bond motifs is 2. The van der Waals surface area contributed by atoms with E-state index in [1.165, 1.54) is 0 Å². The second-order valence-corrected chi connectivity index (χ2v) is 4.68. The molecule has 4 nitrogen and oxygen atoms in total. The highest BCUT2D eigenvalue weighted by Gasteiger charge is 2.26. The lowest BCUT2D eigenvalue weighted by molar-refractivity contribution is 1.38. The molecule has 2 aromatic carbocycles. The fraction of sp³-hybridized carbons (Fsp3) is 0. The van der Waals surface area contributed by atoms with Crippen LogP contribution in [0.5, 0.6) is 0 Å². The highest BCUT2D eigenvalue weighted by Crippen LogP contribution is 2.29. The van der Waals surface area contributed by atoms with Gasteiger partial charge < -0.3 is 0 Å². The van der Waals surface area contributed by atoms with E-state index in [4.69, 9.17) is 10.5 Å². The molecular formula is C18H10N4. The topological polar surface area (TPSA) is 72.3 Å². The van der Waals surface area contributed by atoms with Crippen LogP contribution in [0.1, 0.15) is 27.8 Å². The van der Waals surface area contributed by atoms with Crippen molar-refractivity contribution in [2.45, 2.75) is 0 Å². The van der Waals surface area contributed by atoms with Crippen LogP contribution in [0, 0.1) is 22.9 Å². The van der Waals surface area contributed by atoms with Crippen LogP contribution in [0.2, 0.25) is 0 Å². The summed E-state index contributed by atoms with van der Waals surface area (Å²) in [5.41, 5.74) is 5.28. The second kappa shape index (κ2) is 5.47. The van der Waals surface area contributed by atoms with Crippen molar-refractivity contribution in [3.63, 3.8) is 0 Å². The second-order valence-electron chi connectivity index (χ2n) is 4.68. The van der Waals surface area contributed by atoms with Gasteiger partial charge in [-0.2, -0.15) is 20.5 Å². The maximum Gasteiger partial charge on any atom is 0.206 e. The first-order chi connectivity index (χ1) is 10.8. The molecule has 0 heterocycles. The average molecular weight is 282 g/mol. The van der Waals surface area contributed by atoms with Gasteiger partial charge in [0, 0.05) is 22.3 Å². The van der Waals surface area contributed by atoms with E-state index in [2.05, 4.69) is 16.6 Å². The molecule has 0 aliphatic heterocycles. The van der Waals surface area contributed by atoms with Crippen molar-refractivity contribution < 1.29 is 0 Å². The van der Waals surface area contributed by atoms with Gasteiger partial charge in [0.05, 0.1) is 11.4 Å². The number of aliphatic imine (C=N–C) groups is 2. The van der Waals surface area contributed by atoms with Crippen molar-refractivity contribution >= 4 is 17.5 Å². The number of nitrogens with zero attached hydrogens (tertiary/aromatic N) is 4. The van der Waals surface area contributed by atoms with Gasteiger partial charge in [0.2, 0.25) is 12.4 Å². The molecule has 0 amide bonds. The summed E-state index contributed by atoms with van der Waals surface area (Å²) in [4.78, 5) is 7.96. The zero-order valence-corrected chi connectivity index (χ0v) is 11.6. The van der Waals surface area contributed by atoms with Gasteiger partial charge in [-0.25, -0.2) is 0 Å². The Kier molecular flexibility index (Phi) is 3.35. The van der Waals surface area contributed by atoms with Crippen LogP contribution in [0.3, 0.4) is 0 Å². The Hall–Kier alpha value is -3.50. The highest BCUT2D eigenvalue weighted by atomic mass is 14.8. The van der Waals surface area contributed by atoms with E-state index in [1.54, 1.807) is 6.08 Å². The van der Waals surface area contributed by atoms with Crippen LogP contribution in [-0.4, -0.2) is 11.4 Å². The molecule has 0 N–H and O–H groups in total. The highest BCUT2D eigenvalue weighted by molar-refractivity contribution is 6.32. The van der Waals surface area contributed by atoms with E-state index in [-0.39, 0.29) is 0 Å². The third-order valence-electron chi connectivity index (χ3n) is 3.55. The predicted molar refractivity (Wildman–Crippen MR) is 85.5 cm³/mol. The fourth-order valence-corrected chi connectivity index (χ4v) is 2.62. The maximum absolute atomic E-state index is 9.03. The van der Waals surface area contributed by atoms with Gasteiger partial charge in [-0.15, -0.1) is 0 Å². The molecule has 3 rings (SSSR count). The number of benzene rings is 2. The zero-order valence-electron chi connectivity index (χ0n) is 11.6. The monoisotopic (exact) mass is 282 g/mol. The zero-order chi connectivity index (χ0) is 15.5. The summed E-state index contributed by atoms with van der Waals surface area (Å²) in [5.74, 6) is 0. The Balaban J connectivity index is 2.42. The van der Waals surface area contributed by atoms with Gasteiger partial charge in [0.1, 0.15) is 0 Å². The third-order valence-corrected chi connectivity index (χ3v) is 3.55. The summed E-state index contributed by atoms with van der Waals surface area (Å²) in [6, 6.07) is 13.2. The van der Waals surface area contributed by atoms with E-state index in [0.29, 0.717) is 11.4 Å². The van der Waals surface area contributed by atoms with E-state index >= 15 is 0 Å². The van der Waals surface area contributed by atoms with Gasteiger partial charge in [-0.05, 0) is 11.6 Å². The molecule has 0 radical (unpaired) electrons. The van der Waals surface area contributed by atoms with Gasteiger partial charge in [-0.1, -0.05) is 49.1 Å². The minimum atomic E-state index is 0.591. The largest absolute Gasteiger partial charge is 0.206 e. The van der Waals surface area contributed by atoms with E-state index < -0.39 is 0 Å². The lowest BCUT2D eigenvalue weighted by Crippen LogP contribution is -2.22. The van der Waals surface area contributed by atoms with Gasteiger partial charge in [0.25, 0.3) is 0 Å². The summed E-state index contributed by atoms with van der Waals surface area (Å²) < 4.78 is 0. The molecule has 4 heteroatoms. The Bertz CT molecular complexity index is 921. The minimum absolute atomic E-state index is 0.591. The van der Waals surface area contributed by atoms with Crippen molar-refractivity contribution in [1.82, 2.24) is 0 Å².